The number of amides is 1. The Morgan fingerprint density at radius 1 is 1.22 bits per heavy atom. The number of nitrogens with one attached hydrogen (secondary N) is 1. The molecule has 8 heteroatoms. The molecule has 6 nitrogen and oxygen atoms in total. The van der Waals surface area contributed by atoms with Crippen LogP contribution in [0.5, 0.6) is 0 Å². The summed E-state index contributed by atoms with van der Waals surface area (Å²) in [7, 11) is -1.61. The van der Waals surface area contributed by atoms with Crippen LogP contribution in [0.2, 0.25) is 0 Å². The molecule has 2 saturated heterocycles. The molecule has 128 valence electrons. The highest BCUT2D eigenvalue weighted by Crippen LogP contribution is 2.29. The van der Waals surface area contributed by atoms with Crippen LogP contribution in [0.1, 0.15) is 35.4 Å². The zero-order chi connectivity index (χ0) is 16.4. The molecule has 2 fully saturated rings. The van der Waals surface area contributed by atoms with E-state index in [4.69, 9.17) is 0 Å². The summed E-state index contributed by atoms with van der Waals surface area (Å²) in [5.74, 6) is -0.146. The number of carbonyl (C=O) groups excluding carboxylic acids is 1. The summed E-state index contributed by atoms with van der Waals surface area (Å²) < 4.78 is 27.0. The van der Waals surface area contributed by atoms with Gasteiger partial charge >= 0.3 is 0 Å². The zero-order valence-electron chi connectivity index (χ0n) is 13.3. The van der Waals surface area contributed by atoms with E-state index in [1.807, 2.05) is 7.05 Å². The van der Waals surface area contributed by atoms with Gasteiger partial charge in [0.05, 0.1) is 0 Å². The van der Waals surface area contributed by atoms with E-state index in [2.05, 4.69) is 5.32 Å². The molecule has 3 rings (SSSR count). The van der Waals surface area contributed by atoms with Crippen LogP contribution in [0.4, 0.5) is 0 Å². The lowest BCUT2D eigenvalue weighted by molar-refractivity contribution is 0.0708. The summed E-state index contributed by atoms with van der Waals surface area (Å²) in [4.78, 5) is 15.1. The Balaban J connectivity index is 1.79. The van der Waals surface area contributed by atoms with E-state index >= 15 is 0 Å². The Labute approximate surface area is 141 Å². The van der Waals surface area contributed by atoms with Crippen LogP contribution in [0, 0.1) is 0 Å². The smallest absolute Gasteiger partial charge is 0.265 e. The molecule has 23 heavy (non-hydrogen) atoms. The molecule has 1 N–H and O–H groups in total. The van der Waals surface area contributed by atoms with Crippen molar-refractivity contribution < 1.29 is 13.2 Å². The van der Waals surface area contributed by atoms with Gasteiger partial charge < -0.3 is 10.2 Å². The minimum Gasteiger partial charge on any atom is -0.338 e. The lowest BCUT2D eigenvalue weighted by Crippen LogP contribution is -2.44. The maximum Gasteiger partial charge on any atom is 0.265 e. The number of rotatable bonds is 4. The number of nitrogens with zero attached hydrogens (tertiary/aromatic N) is 2. The fourth-order valence-corrected chi connectivity index (χ4v) is 6.12. The summed E-state index contributed by atoms with van der Waals surface area (Å²) in [6.07, 6.45) is 3.60. The molecule has 1 amide bonds. The van der Waals surface area contributed by atoms with E-state index in [9.17, 15) is 13.2 Å². The van der Waals surface area contributed by atoms with E-state index in [1.54, 1.807) is 16.3 Å². The van der Waals surface area contributed by atoms with Crippen LogP contribution < -0.4 is 5.32 Å². The van der Waals surface area contributed by atoms with Gasteiger partial charge in [-0.15, -0.1) is 11.3 Å². The first-order valence-corrected chi connectivity index (χ1v) is 10.4. The van der Waals surface area contributed by atoms with Gasteiger partial charge in [0.1, 0.15) is 9.77 Å². The second-order valence-electron chi connectivity index (χ2n) is 6.08. The van der Waals surface area contributed by atoms with Gasteiger partial charge in [0.25, 0.3) is 5.91 Å². The first-order valence-electron chi connectivity index (χ1n) is 8.08. The van der Waals surface area contributed by atoms with Crippen LogP contribution in [0.25, 0.3) is 0 Å². The van der Waals surface area contributed by atoms with Crippen molar-refractivity contribution in [2.24, 2.45) is 0 Å². The molecule has 0 spiro atoms. The first-order chi connectivity index (χ1) is 11.0. The number of sulfonamides is 1. The summed E-state index contributed by atoms with van der Waals surface area (Å²) in [6, 6.07) is 2.02. The van der Waals surface area contributed by atoms with E-state index in [1.165, 1.54) is 15.6 Å². The fraction of sp³-hybridized carbons (Fsp3) is 0.667. The lowest BCUT2D eigenvalue weighted by Gasteiger charge is -2.31. The number of thiophene rings is 1. The van der Waals surface area contributed by atoms with Crippen molar-refractivity contribution in [2.75, 3.05) is 33.2 Å². The number of carbonyl (C=O) groups is 1. The van der Waals surface area contributed by atoms with Crippen LogP contribution in [0.15, 0.2) is 16.3 Å². The van der Waals surface area contributed by atoms with Crippen molar-refractivity contribution in [3.63, 3.8) is 0 Å². The van der Waals surface area contributed by atoms with E-state index in [0.29, 0.717) is 37.1 Å². The molecule has 2 aliphatic heterocycles. The lowest BCUT2D eigenvalue weighted by atomic mass is 10.1. The maximum absolute atomic E-state index is 12.8. The third-order valence-electron chi connectivity index (χ3n) is 4.70. The summed E-state index contributed by atoms with van der Waals surface area (Å²) >= 11 is 1.23. The average Bonchev–Trinajstić information content (AvgIpc) is 3.25. The highest BCUT2D eigenvalue weighted by atomic mass is 32.2. The number of piperidine rings is 1. The standard InChI is InChI=1S/C15H23N3O3S2/c1-16-12-4-9-17(10-5-12)15(19)14-13(6-11-22-14)23(20,21)18-7-2-3-8-18/h6,11-12,16H,2-5,7-10H2,1H3. The summed E-state index contributed by atoms with van der Waals surface area (Å²) in [6.45, 7) is 2.45. The predicted octanol–water partition coefficient (Wildman–Crippen LogP) is 1.36. The van der Waals surface area contributed by atoms with E-state index in [-0.39, 0.29) is 10.8 Å². The van der Waals surface area contributed by atoms with Gasteiger partial charge in [0, 0.05) is 32.2 Å². The second-order valence-corrected chi connectivity index (χ2v) is 8.90. The van der Waals surface area contributed by atoms with Gasteiger partial charge in [0.15, 0.2) is 0 Å². The number of hydrogen-bond acceptors (Lipinski definition) is 5. The maximum atomic E-state index is 12.8. The van der Waals surface area contributed by atoms with Crippen molar-refractivity contribution in [2.45, 2.75) is 36.6 Å². The second kappa shape index (κ2) is 6.88. The van der Waals surface area contributed by atoms with Crippen LogP contribution in [-0.2, 0) is 10.0 Å². The SMILES string of the molecule is CNC1CCN(C(=O)c2sccc2S(=O)(=O)N2CCCC2)CC1. The van der Waals surface area contributed by atoms with Crippen LogP contribution in [0.3, 0.4) is 0 Å². The molecular weight excluding hydrogens is 334 g/mol. The Bertz CT molecular complexity index is 657. The Hall–Kier alpha value is -0.960. The number of likely N-dealkylation sites (tertiary alicyclic amines) is 1. The minimum atomic E-state index is -3.54. The fourth-order valence-electron chi connectivity index (χ4n) is 3.24. The molecule has 0 bridgehead atoms. The monoisotopic (exact) mass is 357 g/mol. The normalized spacial score (nSPS) is 21.0. The molecule has 0 radical (unpaired) electrons. The quantitative estimate of drug-likeness (QED) is 0.883. The van der Waals surface area contributed by atoms with Gasteiger partial charge in [-0.3, -0.25) is 4.79 Å². The largest absolute Gasteiger partial charge is 0.338 e. The Morgan fingerprint density at radius 3 is 2.48 bits per heavy atom. The van der Waals surface area contributed by atoms with Gasteiger partial charge in [0.2, 0.25) is 10.0 Å². The van der Waals surface area contributed by atoms with E-state index < -0.39 is 10.0 Å². The van der Waals surface area contributed by atoms with Crippen molar-refractivity contribution in [3.05, 3.63) is 16.3 Å². The van der Waals surface area contributed by atoms with Gasteiger partial charge in [-0.2, -0.15) is 4.31 Å². The Morgan fingerprint density at radius 2 is 1.87 bits per heavy atom. The molecular formula is C15H23N3O3S2. The van der Waals surface area contributed by atoms with Crippen molar-refractivity contribution in [1.82, 2.24) is 14.5 Å². The Kier molecular flexibility index (Phi) is 5.05. The van der Waals surface area contributed by atoms with Crippen LogP contribution in [-0.4, -0.2) is 62.8 Å². The topological polar surface area (TPSA) is 69.7 Å². The molecule has 0 unspecified atom stereocenters. The summed E-state index contributed by atoms with van der Waals surface area (Å²) in [5, 5.41) is 4.94. The first kappa shape index (κ1) is 16.9. The van der Waals surface area contributed by atoms with Crippen molar-refractivity contribution in [3.8, 4) is 0 Å². The van der Waals surface area contributed by atoms with Crippen molar-refractivity contribution >= 4 is 27.3 Å². The van der Waals surface area contributed by atoms with Gasteiger partial charge in [-0.1, -0.05) is 0 Å². The van der Waals surface area contributed by atoms with Crippen molar-refractivity contribution in [1.29, 1.82) is 0 Å². The zero-order valence-corrected chi connectivity index (χ0v) is 15.0. The minimum absolute atomic E-state index is 0.146. The highest BCUT2D eigenvalue weighted by molar-refractivity contribution is 7.89. The summed E-state index contributed by atoms with van der Waals surface area (Å²) in [5.41, 5.74) is 0. The molecule has 0 aliphatic carbocycles. The third-order valence-corrected chi connectivity index (χ3v) is 7.67. The van der Waals surface area contributed by atoms with Crippen LogP contribution >= 0.6 is 11.3 Å². The average molecular weight is 358 g/mol. The number of hydrogen-bond donors (Lipinski definition) is 1. The van der Waals surface area contributed by atoms with Gasteiger partial charge in [-0.05, 0) is 44.2 Å². The highest BCUT2D eigenvalue weighted by Gasteiger charge is 2.33. The molecule has 0 saturated carbocycles. The molecule has 1 aromatic heterocycles. The molecule has 3 heterocycles. The van der Waals surface area contributed by atoms with E-state index in [0.717, 1.165) is 25.7 Å². The third kappa shape index (κ3) is 3.31. The predicted molar refractivity (Wildman–Crippen MR) is 90.3 cm³/mol. The molecule has 0 aromatic carbocycles. The molecule has 2 aliphatic rings. The molecule has 1 aromatic rings. The van der Waals surface area contributed by atoms with Gasteiger partial charge in [-0.25, -0.2) is 8.42 Å². The molecule has 0 atom stereocenters.